The van der Waals surface area contributed by atoms with Crippen molar-refractivity contribution in [2.45, 2.75) is 0 Å². The van der Waals surface area contributed by atoms with Crippen LogP contribution in [0.1, 0.15) is 16.1 Å². The van der Waals surface area contributed by atoms with Gasteiger partial charge in [0.15, 0.2) is 0 Å². The molecule has 1 N–H and O–H groups in total. The number of hydrogen-bond acceptors (Lipinski definition) is 4. The lowest BCUT2D eigenvalue weighted by atomic mass is 10.1. The number of carboxylic acid groups (broad SMARTS) is 1. The van der Waals surface area contributed by atoms with Crippen molar-refractivity contribution in [3.63, 3.8) is 0 Å². The maximum absolute atomic E-state index is 11.1. The first-order chi connectivity index (χ1) is 9.04. The van der Waals surface area contributed by atoms with Gasteiger partial charge < -0.3 is 9.67 Å². The second-order valence-electron chi connectivity index (χ2n) is 3.64. The summed E-state index contributed by atoms with van der Waals surface area (Å²) >= 11 is 0. The Bertz CT molecular complexity index is 712. The second-order valence-corrected chi connectivity index (χ2v) is 3.64. The highest BCUT2D eigenvalue weighted by molar-refractivity contribution is 5.92. The Labute approximate surface area is 107 Å². The average molecular weight is 257 g/mol. The van der Waals surface area contributed by atoms with Crippen molar-refractivity contribution in [2.24, 2.45) is 0 Å². The van der Waals surface area contributed by atoms with Gasteiger partial charge in [0.1, 0.15) is 11.8 Å². The topological polar surface area (TPSA) is 109 Å². The van der Waals surface area contributed by atoms with Crippen LogP contribution in [0.15, 0.2) is 36.5 Å². The van der Waals surface area contributed by atoms with E-state index in [0.29, 0.717) is 0 Å². The van der Waals surface area contributed by atoms with Gasteiger partial charge in [-0.1, -0.05) is 0 Å². The monoisotopic (exact) mass is 257 g/mol. The Balaban J connectivity index is 2.72. The number of aromatic nitrogens is 1. The number of benzene rings is 1. The number of carboxylic acids is 1. The van der Waals surface area contributed by atoms with Crippen molar-refractivity contribution in [1.82, 2.24) is 4.57 Å². The van der Waals surface area contributed by atoms with Crippen LogP contribution >= 0.6 is 0 Å². The molecular weight excluding hydrogens is 250 g/mol. The Morgan fingerprint density at radius 2 is 2.16 bits per heavy atom. The zero-order valence-electron chi connectivity index (χ0n) is 9.48. The molecule has 0 aliphatic heterocycles. The number of nitrogens with zero attached hydrogens (tertiary/aromatic N) is 3. The first kappa shape index (κ1) is 12.3. The summed E-state index contributed by atoms with van der Waals surface area (Å²) in [4.78, 5) is 21.3. The van der Waals surface area contributed by atoms with Crippen LogP contribution in [0.5, 0.6) is 0 Å². The molecule has 2 rings (SSSR count). The van der Waals surface area contributed by atoms with E-state index in [1.54, 1.807) is 6.07 Å². The summed E-state index contributed by atoms with van der Waals surface area (Å²) in [6.07, 6.45) is 1.48. The largest absolute Gasteiger partial charge is 0.478 e. The van der Waals surface area contributed by atoms with Gasteiger partial charge in [-0.3, -0.25) is 10.1 Å². The fourth-order valence-electron chi connectivity index (χ4n) is 1.70. The van der Waals surface area contributed by atoms with E-state index in [1.807, 2.05) is 6.07 Å². The van der Waals surface area contributed by atoms with Gasteiger partial charge in [-0.15, -0.1) is 0 Å². The number of nitro benzene ring substituents is 1. The number of hydrogen-bond donors (Lipinski definition) is 1. The van der Waals surface area contributed by atoms with Crippen molar-refractivity contribution in [1.29, 1.82) is 5.26 Å². The van der Waals surface area contributed by atoms with Crippen molar-refractivity contribution < 1.29 is 14.8 Å². The fourth-order valence-corrected chi connectivity index (χ4v) is 1.70. The van der Waals surface area contributed by atoms with E-state index in [9.17, 15) is 14.9 Å². The zero-order chi connectivity index (χ0) is 14.0. The maximum atomic E-state index is 11.1. The van der Waals surface area contributed by atoms with Gasteiger partial charge in [0.25, 0.3) is 5.69 Å². The van der Waals surface area contributed by atoms with Gasteiger partial charge in [0.2, 0.25) is 0 Å². The zero-order valence-corrected chi connectivity index (χ0v) is 9.48. The Morgan fingerprint density at radius 1 is 1.42 bits per heavy atom. The smallest absolute Gasteiger partial charge is 0.337 e. The van der Waals surface area contributed by atoms with Crippen LogP contribution in [0.2, 0.25) is 0 Å². The number of nitriles is 1. The molecule has 7 heteroatoms. The molecule has 0 aliphatic carbocycles. The molecule has 1 aromatic heterocycles. The summed E-state index contributed by atoms with van der Waals surface area (Å²) in [5, 5.41) is 28.8. The van der Waals surface area contributed by atoms with Crippen LogP contribution in [0, 0.1) is 21.4 Å². The van der Waals surface area contributed by atoms with Crippen LogP contribution < -0.4 is 0 Å². The van der Waals surface area contributed by atoms with Crippen LogP contribution in [0.4, 0.5) is 5.69 Å². The highest BCUT2D eigenvalue weighted by Crippen LogP contribution is 2.23. The molecule has 0 amide bonds. The van der Waals surface area contributed by atoms with Crippen LogP contribution in [0.25, 0.3) is 5.69 Å². The molecule has 0 saturated heterocycles. The van der Waals surface area contributed by atoms with Gasteiger partial charge in [0, 0.05) is 18.3 Å². The van der Waals surface area contributed by atoms with Crippen molar-refractivity contribution in [2.75, 3.05) is 0 Å². The van der Waals surface area contributed by atoms with Crippen LogP contribution in [-0.2, 0) is 0 Å². The molecule has 0 spiro atoms. The molecule has 1 aromatic carbocycles. The number of rotatable bonds is 3. The third-order valence-electron chi connectivity index (χ3n) is 2.55. The highest BCUT2D eigenvalue weighted by Gasteiger charge is 2.17. The first-order valence-corrected chi connectivity index (χ1v) is 5.14. The number of carbonyl (C=O) groups is 1. The fraction of sp³-hybridized carbons (Fsp3) is 0. The summed E-state index contributed by atoms with van der Waals surface area (Å²) in [7, 11) is 0. The van der Waals surface area contributed by atoms with Crippen molar-refractivity contribution in [3.05, 3.63) is 57.9 Å². The van der Waals surface area contributed by atoms with E-state index in [0.717, 1.165) is 18.2 Å². The summed E-state index contributed by atoms with van der Waals surface area (Å²) in [5.41, 5.74) is -0.0675. The van der Waals surface area contributed by atoms with Gasteiger partial charge in [-0.2, -0.15) is 5.26 Å². The minimum atomic E-state index is -1.22. The number of aromatic carboxylic acids is 1. The molecule has 0 unspecified atom stereocenters. The maximum Gasteiger partial charge on any atom is 0.337 e. The molecule has 0 saturated carbocycles. The molecule has 0 aliphatic rings. The number of non-ortho nitro benzene ring substituents is 1. The molecule has 0 fully saturated rings. The van der Waals surface area contributed by atoms with E-state index in [-0.39, 0.29) is 22.6 Å². The molecule has 1 heterocycles. The molecule has 19 heavy (non-hydrogen) atoms. The summed E-state index contributed by atoms with van der Waals surface area (Å²) in [6.45, 7) is 0. The Hall–Kier alpha value is -3.14. The van der Waals surface area contributed by atoms with Gasteiger partial charge in [-0.25, -0.2) is 4.79 Å². The lowest BCUT2D eigenvalue weighted by Crippen LogP contribution is -2.07. The quantitative estimate of drug-likeness (QED) is 0.667. The Morgan fingerprint density at radius 3 is 2.74 bits per heavy atom. The predicted molar refractivity (Wildman–Crippen MR) is 64.1 cm³/mol. The molecule has 94 valence electrons. The minimum absolute atomic E-state index is 0.0863. The van der Waals surface area contributed by atoms with E-state index in [1.165, 1.54) is 16.8 Å². The van der Waals surface area contributed by atoms with Crippen molar-refractivity contribution >= 4 is 11.7 Å². The molecule has 7 nitrogen and oxygen atoms in total. The standard InChI is InChI=1S/C12H7N3O4/c13-7-9-2-1-5-14(9)11-6-8(15(18)19)3-4-10(11)12(16)17/h1-6H,(H,16,17). The summed E-state index contributed by atoms with van der Waals surface area (Å²) < 4.78 is 1.30. The average Bonchev–Trinajstić information content (AvgIpc) is 2.85. The third kappa shape index (κ3) is 2.14. The molecule has 2 aromatic rings. The molecule has 0 atom stereocenters. The number of nitro groups is 1. The summed E-state index contributed by atoms with van der Waals surface area (Å²) in [5.74, 6) is -1.22. The molecule has 0 bridgehead atoms. The lowest BCUT2D eigenvalue weighted by molar-refractivity contribution is -0.384. The van der Waals surface area contributed by atoms with E-state index in [4.69, 9.17) is 10.4 Å². The van der Waals surface area contributed by atoms with E-state index < -0.39 is 10.9 Å². The highest BCUT2D eigenvalue weighted by atomic mass is 16.6. The normalized spacial score (nSPS) is 9.84. The lowest BCUT2D eigenvalue weighted by Gasteiger charge is -2.08. The van der Waals surface area contributed by atoms with E-state index >= 15 is 0 Å². The van der Waals surface area contributed by atoms with Gasteiger partial charge in [0.05, 0.1) is 16.2 Å². The van der Waals surface area contributed by atoms with Gasteiger partial charge >= 0.3 is 5.97 Å². The molecular formula is C12H7N3O4. The SMILES string of the molecule is N#Cc1cccn1-c1cc([N+](=O)[O-])ccc1C(=O)O. The molecule has 0 radical (unpaired) electrons. The van der Waals surface area contributed by atoms with Gasteiger partial charge in [-0.05, 0) is 18.2 Å². The first-order valence-electron chi connectivity index (χ1n) is 5.14. The third-order valence-corrected chi connectivity index (χ3v) is 2.55. The summed E-state index contributed by atoms with van der Waals surface area (Å²) in [6, 6.07) is 8.33. The van der Waals surface area contributed by atoms with Crippen LogP contribution in [-0.4, -0.2) is 20.6 Å². The Kier molecular flexibility index (Phi) is 3.00. The van der Waals surface area contributed by atoms with Crippen molar-refractivity contribution in [3.8, 4) is 11.8 Å². The van der Waals surface area contributed by atoms with E-state index in [2.05, 4.69) is 0 Å². The predicted octanol–water partition coefficient (Wildman–Crippen LogP) is 1.96. The van der Waals surface area contributed by atoms with Crippen LogP contribution in [0.3, 0.4) is 0 Å². The minimum Gasteiger partial charge on any atom is -0.478 e. The second kappa shape index (κ2) is 4.62.